The highest BCUT2D eigenvalue weighted by Gasteiger charge is 2.33. The van der Waals surface area contributed by atoms with Crippen LogP contribution >= 0.6 is 0 Å². The van der Waals surface area contributed by atoms with Gasteiger partial charge in [0.15, 0.2) is 11.6 Å². The molecular formula is C23H29FN4O2. The number of aryl methyl sites for hydroxylation is 1. The number of hydrogen-bond donors (Lipinski definition) is 2. The van der Waals surface area contributed by atoms with E-state index in [0.717, 1.165) is 31.7 Å². The van der Waals surface area contributed by atoms with Gasteiger partial charge in [0.05, 0.1) is 19.7 Å². The summed E-state index contributed by atoms with van der Waals surface area (Å²) < 4.78 is 19.2. The van der Waals surface area contributed by atoms with Gasteiger partial charge < -0.3 is 9.64 Å². The molecule has 2 aromatic carbocycles. The molecular weight excluding hydrogens is 383 g/mol. The van der Waals surface area contributed by atoms with E-state index < -0.39 is 0 Å². The van der Waals surface area contributed by atoms with Gasteiger partial charge in [0.1, 0.15) is 0 Å². The molecule has 2 unspecified atom stereocenters. The summed E-state index contributed by atoms with van der Waals surface area (Å²) in [6.45, 7) is 6.27. The van der Waals surface area contributed by atoms with E-state index >= 15 is 0 Å². The van der Waals surface area contributed by atoms with E-state index in [9.17, 15) is 9.18 Å². The molecule has 30 heavy (non-hydrogen) atoms. The summed E-state index contributed by atoms with van der Waals surface area (Å²) in [6, 6.07) is 13.4. The van der Waals surface area contributed by atoms with Gasteiger partial charge in [0.2, 0.25) is 5.91 Å². The third-order valence-electron chi connectivity index (χ3n) is 5.97. The van der Waals surface area contributed by atoms with Crippen molar-refractivity contribution in [2.45, 2.75) is 19.5 Å². The van der Waals surface area contributed by atoms with Crippen molar-refractivity contribution >= 4 is 5.91 Å². The van der Waals surface area contributed by atoms with Crippen molar-refractivity contribution < 1.29 is 13.9 Å². The molecule has 0 radical (unpaired) electrons. The molecule has 0 aliphatic carbocycles. The van der Waals surface area contributed by atoms with E-state index in [4.69, 9.17) is 4.74 Å². The number of ether oxygens (including phenoxy) is 1. The number of hydrogen-bond acceptors (Lipinski definition) is 5. The SMILES string of the molecule is COc1ccc(C2NNCC2CN2CCN(Cc3cccc(C)c3)C(=O)C2)cc1F. The van der Waals surface area contributed by atoms with Crippen LogP contribution in [0.5, 0.6) is 5.75 Å². The fourth-order valence-electron chi connectivity index (χ4n) is 4.38. The second-order valence-electron chi connectivity index (χ2n) is 8.20. The minimum absolute atomic E-state index is 0.00849. The Hall–Kier alpha value is -2.48. The number of piperazine rings is 1. The van der Waals surface area contributed by atoms with Gasteiger partial charge in [-0.1, -0.05) is 35.9 Å². The number of benzene rings is 2. The molecule has 2 aliphatic heterocycles. The summed E-state index contributed by atoms with van der Waals surface area (Å²) in [7, 11) is 1.46. The van der Waals surface area contributed by atoms with Crippen LogP contribution in [0.1, 0.15) is 22.7 Å². The molecule has 2 N–H and O–H groups in total. The van der Waals surface area contributed by atoms with Crippen molar-refractivity contribution in [3.63, 3.8) is 0 Å². The molecule has 2 atom stereocenters. The predicted molar refractivity (Wildman–Crippen MR) is 113 cm³/mol. The van der Waals surface area contributed by atoms with E-state index in [1.54, 1.807) is 6.07 Å². The van der Waals surface area contributed by atoms with Gasteiger partial charge in [0.25, 0.3) is 0 Å². The molecule has 0 bridgehead atoms. The lowest BCUT2D eigenvalue weighted by atomic mass is 9.94. The van der Waals surface area contributed by atoms with E-state index in [1.165, 1.54) is 24.3 Å². The third kappa shape index (κ3) is 4.64. The van der Waals surface area contributed by atoms with Crippen LogP contribution in [0.4, 0.5) is 4.39 Å². The van der Waals surface area contributed by atoms with Crippen molar-refractivity contribution in [3.05, 3.63) is 65.0 Å². The molecule has 1 amide bonds. The Morgan fingerprint density at radius 1 is 1.20 bits per heavy atom. The van der Waals surface area contributed by atoms with Gasteiger partial charge in [-0.25, -0.2) is 9.82 Å². The molecule has 4 rings (SSSR count). The minimum atomic E-state index is -0.359. The molecule has 0 spiro atoms. The monoisotopic (exact) mass is 412 g/mol. The van der Waals surface area contributed by atoms with Crippen molar-refractivity contribution in [1.29, 1.82) is 0 Å². The lowest BCUT2D eigenvalue weighted by Gasteiger charge is -2.36. The summed E-state index contributed by atoms with van der Waals surface area (Å²) >= 11 is 0. The molecule has 2 heterocycles. The maximum atomic E-state index is 14.2. The number of hydrazine groups is 1. The topological polar surface area (TPSA) is 56.8 Å². The first-order chi connectivity index (χ1) is 14.5. The minimum Gasteiger partial charge on any atom is -0.494 e. The molecule has 2 saturated heterocycles. The first kappa shape index (κ1) is 20.8. The van der Waals surface area contributed by atoms with Crippen LogP contribution < -0.4 is 15.6 Å². The average Bonchev–Trinajstić information content (AvgIpc) is 3.18. The number of rotatable bonds is 6. The summed E-state index contributed by atoms with van der Waals surface area (Å²) in [5.74, 6) is 0.293. The summed E-state index contributed by atoms with van der Waals surface area (Å²) in [5, 5.41) is 0. The van der Waals surface area contributed by atoms with E-state index in [-0.39, 0.29) is 29.4 Å². The van der Waals surface area contributed by atoms with E-state index in [2.05, 4.69) is 40.9 Å². The second kappa shape index (κ2) is 9.12. The van der Waals surface area contributed by atoms with Gasteiger partial charge >= 0.3 is 0 Å². The largest absolute Gasteiger partial charge is 0.494 e. The summed E-state index contributed by atoms with van der Waals surface area (Å²) in [4.78, 5) is 16.9. The highest BCUT2D eigenvalue weighted by molar-refractivity contribution is 5.79. The molecule has 7 heteroatoms. The van der Waals surface area contributed by atoms with Gasteiger partial charge in [-0.3, -0.25) is 15.1 Å². The zero-order valence-corrected chi connectivity index (χ0v) is 17.5. The summed E-state index contributed by atoms with van der Waals surface area (Å²) in [5.41, 5.74) is 9.71. The number of nitrogens with zero attached hydrogens (tertiary/aromatic N) is 2. The fourth-order valence-corrected chi connectivity index (χ4v) is 4.38. The van der Waals surface area contributed by atoms with Gasteiger partial charge in [-0.2, -0.15) is 0 Å². The number of methoxy groups -OCH3 is 1. The van der Waals surface area contributed by atoms with Gasteiger partial charge in [0, 0.05) is 38.6 Å². The number of amides is 1. The normalized spacial score (nSPS) is 22.5. The fraction of sp³-hybridized carbons (Fsp3) is 0.435. The lowest BCUT2D eigenvalue weighted by molar-refractivity contribution is -0.136. The van der Waals surface area contributed by atoms with Crippen LogP contribution in [-0.4, -0.2) is 55.5 Å². The Labute approximate surface area is 177 Å². The van der Waals surface area contributed by atoms with Gasteiger partial charge in [-0.15, -0.1) is 0 Å². The Kier molecular flexibility index (Phi) is 6.32. The van der Waals surface area contributed by atoms with Crippen LogP contribution in [0.15, 0.2) is 42.5 Å². The van der Waals surface area contributed by atoms with Crippen molar-refractivity contribution in [2.75, 3.05) is 39.8 Å². The molecule has 2 aliphatic rings. The van der Waals surface area contributed by atoms with Crippen LogP contribution in [0, 0.1) is 18.7 Å². The maximum Gasteiger partial charge on any atom is 0.237 e. The smallest absolute Gasteiger partial charge is 0.237 e. The number of halogens is 1. The van der Waals surface area contributed by atoms with E-state index in [0.29, 0.717) is 13.1 Å². The van der Waals surface area contributed by atoms with Gasteiger partial charge in [-0.05, 0) is 30.2 Å². The molecule has 160 valence electrons. The Morgan fingerprint density at radius 3 is 2.80 bits per heavy atom. The van der Waals surface area contributed by atoms with Crippen molar-refractivity contribution in [1.82, 2.24) is 20.7 Å². The average molecular weight is 413 g/mol. The maximum absolute atomic E-state index is 14.2. The lowest BCUT2D eigenvalue weighted by Crippen LogP contribution is -2.51. The van der Waals surface area contributed by atoms with Crippen molar-refractivity contribution in [2.24, 2.45) is 5.92 Å². The molecule has 2 aromatic rings. The molecule has 6 nitrogen and oxygen atoms in total. The van der Waals surface area contributed by atoms with Crippen LogP contribution in [-0.2, 0) is 11.3 Å². The van der Waals surface area contributed by atoms with Crippen molar-refractivity contribution in [3.8, 4) is 5.75 Å². The summed E-state index contributed by atoms with van der Waals surface area (Å²) in [6.07, 6.45) is 0. The first-order valence-corrected chi connectivity index (χ1v) is 10.4. The zero-order chi connectivity index (χ0) is 21.1. The zero-order valence-electron chi connectivity index (χ0n) is 17.5. The third-order valence-corrected chi connectivity index (χ3v) is 5.97. The highest BCUT2D eigenvalue weighted by atomic mass is 19.1. The standard InChI is InChI=1S/C23H29FN4O2/c1-16-4-3-5-17(10-16)13-28-9-8-27(15-22(28)29)14-19-12-25-26-23(19)18-6-7-21(30-2)20(24)11-18/h3-7,10-11,19,23,25-26H,8-9,12-15H2,1-2H3. The predicted octanol–water partition coefficient (Wildman–Crippen LogP) is 2.25. The molecule has 0 aromatic heterocycles. The Balaban J connectivity index is 1.35. The number of carbonyl (C=O) groups excluding carboxylic acids is 1. The first-order valence-electron chi connectivity index (χ1n) is 10.4. The Morgan fingerprint density at radius 2 is 2.07 bits per heavy atom. The molecule has 2 fully saturated rings. The second-order valence-corrected chi connectivity index (χ2v) is 8.20. The highest BCUT2D eigenvalue weighted by Crippen LogP contribution is 2.29. The quantitative estimate of drug-likeness (QED) is 0.762. The van der Waals surface area contributed by atoms with E-state index in [1.807, 2.05) is 17.0 Å². The number of nitrogens with one attached hydrogen (secondary N) is 2. The number of carbonyl (C=O) groups is 1. The van der Waals surface area contributed by atoms with Crippen LogP contribution in [0.25, 0.3) is 0 Å². The molecule has 0 saturated carbocycles. The Bertz CT molecular complexity index is 907. The van der Waals surface area contributed by atoms with Crippen LogP contribution in [0.2, 0.25) is 0 Å². The van der Waals surface area contributed by atoms with Crippen LogP contribution in [0.3, 0.4) is 0 Å².